The zero-order valence-electron chi connectivity index (χ0n) is 17.7. The number of nitrogens with zero attached hydrogens (tertiary/aromatic N) is 2. The highest BCUT2D eigenvalue weighted by molar-refractivity contribution is 9.11. The molecule has 168 valence electrons. The van der Waals surface area contributed by atoms with Crippen LogP contribution in [0.15, 0.2) is 70.4 Å². The molecule has 3 heterocycles. The van der Waals surface area contributed by atoms with E-state index in [1.54, 1.807) is 10.7 Å². The van der Waals surface area contributed by atoms with Gasteiger partial charge in [0.25, 0.3) is 0 Å². The first-order chi connectivity index (χ1) is 16.0. The van der Waals surface area contributed by atoms with Crippen LogP contribution in [0.25, 0.3) is 16.5 Å². The van der Waals surface area contributed by atoms with E-state index in [0.717, 1.165) is 34.9 Å². The van der Waals surface area contributed by atoms with E-state index >= 15 is 0 Å². The molecule has 0 bridgehead atoms. The molecule has 1 aromatic carbocycles. The monoisotopic (exact) mass is 508 g/mol. The van der Waals surface area contributed by atoms with Crippen molar-refractivity contribution in [2.75, 3.05) is 6.61 Å². The molecule has 2 aliphatic carbocycles. The van der Waals surface area contributed by atoms with Crippen LogP contribution in [0.3, 0.4) is 0 Å². The number of hydrogen-bond donors (Lipinski definition) is 2. The van der Waals surface area contributed by atoms with Crippen LogP contribution < -0.4 is 11.1 Å². The van der Waals surface area contributed by atoms with Gasteiger partial charge in [0.2, 0.25) is 5.91 Å². The molecule has 3 unspecified atom stereocenters. The van der Waals surface area contributed by atoms with Crippen molar-refractivity contribution in [2.45, 2.75) is 37.1 Å². The fourth-order valence-electron chi connectivity index (χ4n) is 5.20. The number of amides is 1. The zero-order chi connectivity index (χ0) is 22.7. The van der Waals surface area contributed by atoms with Gasteiger partial charge in [0.1, 0.15) is 23.3 Å². The van der Waals surface area contributed by atoms with Crippen LogP contribution in [-0.4, -0.2) is 33.9 Å². The lowest BCUT2D eigenvalue weighted by Gasteiger charge is -2.44. The predicted octanol–water partition coefficient (Wildman–Crippen LogP) is 4.17. The van der Waals surface area contributed by atoms with Gasteiger partial charge >= 0.3 is 0 Å². The van der Waals surface area contributed by atoms with Crippen LogP contribution in [0.4, 0.5) is 4.39 Å². The smallest absolute Gasteiger partial charge is 0.242 e. The van der Waals surface area contributed by atoms with E-state index < -0.39 is 17.4 Å². The number of ether oxygens (including phenoxy) is 1. The first-order valence-electron chi connectivity index (χ1n) is 11.0. The number of halogens is 2. The van der Waals surface area contributed by atoms with E-state index in [1.165, 1.54) is 6.07 Å². The molecule has 0 saturated carbocycles. The second-order valence-electron chi connectivity index (χ2n) is 8.74. The summed E-state index contributed by atoms with van der Waals surface area (Å²) in [5.41, 5.74) is 9.05. The van der Waals surface area contributed by atoms with Crippen molar-refractivity contribution in [2.24, 2.45) is 5.73 Å². The number of aromatic nitrogens is 2. The normalized spacial score (nSPS) is 28.9. The van der Waals surface area contributed by atoms with Gasteiger partial charge in [0.05, 0.1) is 0 Å². The summed E-state index contributed by atoms with van der Waals surface area (Å²) in [6, 6.07) is 2.18. The summed E-state index contributed by atoms with van der Waals surface area (Å²) in [7, 11) is 0. The number of hydrogen-bond acceptors (Lipinski definition) is 4. The summed E-state index contributed by atoms with van der Waals surface area (Å²) in [6.45, 7) is 0.660. The largest absolute Gasteiger partial charge is 0.357 e. The number of carbonyl (C=O) groups excluding carboxylic acids is 1. The van der Waals surface area contributed by atoms with Gasteiger partial charge in [-0.2, -0.15) is 5.10 Å². The van der Waals surface area contributed by atoms with Crippen molar-refractivity contribution in [1.82, 2.24) is 15.1 Å². The number of rotatable bonds is 2. The molecular weight excluding hydrogens is 487 g/mol. The molecular formula is C25H22BrFN4O2. The van der Waals surface area contributed by atoms with Crippen LogP contribution >= 0.6 is 15.9 Å². The van der Waals surface area contributed by atoms with Gasteiger partial charge in [0, 0.05) is 22.7 Å². The molecule has 6 rings (SSSR count). The second-order valence-corrected chi connectivity index (χ2v) is 9.65. The number of carbonyl (C=O) groups is 1. The Morgan fingerprint density at radius 3 is 2.97 bits per heavy atom. The first-order valence-corrected chi connectivity index (χ1v) is 11.8. The molecule has 1 fully saturated rings. The minimum absolute atomic E-state index is 0.226. The van der Waals surface area contributed by atoms with Gasteiger partial charge in [0.15, 0.2) is 5.82 Å². The lowest BCUT2D eigenvalue weighted by molar-refractivity contribution is -0.122. The molecule has 1 aromatic heterocycles. The highest BCUT2D eigenvalue weighted by Gasteiger charge is 2.46. The van der Waals surface area contributed by atoms with Gasteiger partial charge < -0.3 is 15.8 Å². The van der Waals surface area contributed by atoms with Crippen LogP contribution in [-0.2, 0) is 9.53 Å². The Kier molecular flexibility index (Phi) is 4.79. The van der Waals surface area contributed by atoms with Gasteiger partial charge in [-0.15, -0.1) is 0 Å². The Balaban J connectivity index is 1.61. The standard InChI is InChI=1S/C25H22BrFN4O2/c26-15-11-14-5-1-3-9-25(14)18(12-15)21(22(28)24(32)29-25)16-7-8-19(27)23-17(16)13-31(30-23)20-6-2-4-10-33-20/h1,3,5,7-9,11-13,20,22H,2,4,6,10,28H2,(H,29,32). The molecule has 4 aliphatic rings. The molecule has 1 amide bonds. The average molecular weight is 509 g/mol. The van der Waals surface area contributed by atoms with Gasteiger partial charge in [-0.25, -0.2) is 9.07 Å². The van der Waals surface area contributed by atoms with Gasteiger partial charge in [-0.3, -0.25) is 4.79 Å². The highest BCUT2D eigenvalue weighted by atomic mass is 79.9. The van der Waals surface area contributed by atoms with Gasteiger partial charge in [-0.05, 0) is 59.8 Å². The molecule has 1 saturated heterocycles. The summed E-state index contributed by atoms with van der Waals surface area (Å²) in [5, 5.41) is 8.25. The molecule has 1 spiro atoms. The molecule has 0 radical (unpaired) electrons. The maximum atomic E-state index is 14.9. The highest BCUT2D eigenvalue weighted by Crippen LogP contribution is 2.46. The molecule has 3 N–H and O–H groups in total. The van der Waals surface area contributed by atoms with Crippen molar-refractivity contribution in [3.63, 3.8) is 0 Å². The number of nitrogens with one attached hydrogen (secondary N) is 1. The van der Waals surface area contributed by atoms with E-state index in [4.69, 9.17) is 10.5 Å². The van der Waals surface area contributed by atoms with Crippen molar-refractivity contribution in [1.29, 1.82) is 0 Å². The van der Waals surface area contributed by atoms with Crippen molar-refractivity contribution in [3.8, 4) is 0 Å². The summed E-state index contributed by atoms with van der Waals surface area (Å²) in [4.78, 5) is 13.1. The maximum absolute atomic E-state index is 14.9. The third-order valence-electron chi connectivity index (χ3n) is 6.78. The predicted molar refractivity (Wildman–Crippen MR) is 128 cm³/mol. The van der Waals surface area contributed by atoms with Crippen LogP contribution in [0.2, 0.25) is 0 Å². The minimum atomic E-state index is -0.913. The van der Waals surface area contributed by atoms with Crippen LogP contribution in [0.1, 0.15) is 31.1 Å². The number of benzene rings is 1. The van der Waals surface area contributed by atoms with E-state index in [1.807, 2.05) is 42.7 Å². The molecule has 2 aliphatic heterocycles. The summed E-state index contributed by atoms with van der Waals surface area (Å²) in [5.74, 6) is -0.703. The number of fused-ring (bicyclic) bond motifs is 1. The fourth-order valence-corrected chi connectivity index (χ4v) is 5.67. The van der Waals surface area contributed by atoms with E-state index in [2.05, 4.69) is 26.3 Å². The maximum Gasteiger partial charge on any atom is 0.242 e. The van der Waals surface area contributed by atoms with E-state index in [9.17, 15) is 9.18 Å². The Morgan fingerprint density at radius 1 is 1.27 bits per heavy atom. The number of allylic oxidation sites excluding steroid dienone is 4. The number of nitrogens with two attached hydrogens (primary N) is 1. The quantitative estimate of drug-likeness (QED) is 0.637. The Hall–Kier alpha value is -2.81. The lowest BCUT2D eigenvalue weighted by atomic mass is 9.70. The Bertz CT molecular complexity index is 1350. The zero-order valence-corrected chi connectivity index (χ0v) is 19.3. The third kappa shape index (κ3) is 3.12. The first kappa shape index (κ1) is 20.8. The Labute approximate surface area is 198 Å². The SMILES string of the molecule is NC1C(=O)NC23C=CC=CC2=CC(Br)=CC3=C1c1ccc(F)c2nn(C3CCCCO3)cc12. The summed E-state index contributed by atoms with van der Waals surface area (Å²) in [6.07, 6.45) is 16.2. The molecule has 3 atom stereocenters. The van der Waals surface area contributed by atoms with Crippen molar-refractivity contribution in [3.05, 3.63) is 81.8 Å². The average Bonchev–Trinajstić information content (AvgIpc) is 3.27. The molecule has 2 aromatic rings. The van der Waals surface area contributed by atoms with Crippen molar-refractivity contribution < 1.29 is 13.9 Å². The summed E-state index contributed by atoms with van der Waals surface area (Å²) >= 11 is 3.61. The molecule has 33 heavy (non-hydrogen) atoms. The topological polar surface area (TPSA) is 82.2 Å². The lowest BCUT2D eigenvalue weighted by Crippen LogP contribution is -2.60. The fraction of sp³-hybridized carbons (Fsp3) is 0.280. The van der Waals surface area contributed by atoms with Crippen LogP contribution in [0, 0.1) is 5.82 Å². The second kappa shape index (κ2) is 7.62. The Morgan fingerprint density at radius 2 is 2.15 bits per heavy atom. The van der Waals surface area contributed by atoms with Crippen LogP contribution in [0.5, 0.6) is 0 Å². The van der Waals surface area contributed by atoms with Gasteiger partial charge in [-0.1, -0.05) is 46.3 Å². The van der Waals surface area contributed by atoms with E-state index in [-0.39, 0.29) is 17.7 Å². The molecule has 6 nitrogen and oxygen atoms in total. The summed E-state index contributed by atoms with van der Waals surface area (Å²) < 4.78 is 23.3. The third-order valence-corrected chi connectivity index (χ3v) is 7.24. The minimum Gasteiger partial charge on any atom is -0.357 e. The molecule has 8 heteroatoms. The van der Waals surface area contributed by atoms with E-state index in [0.29, 0.717) is 23.1 Å². The van der Waals surface area contributed by atoms with Crippen molar-refractivity contribution >= 4 is 38.3 Å².